The highest BCUT2D eigenvalue weighted by atomic mass is 32.1. The molecular formula is C26H25FN4O5S. The quantitative estimate of drug-likeness (QED) is 0.396. The summed E-state index contributed by atoms with van der Waals surface area (Å²) in [7, 11) is 1.55. The van der Waals surface area contributed by atoms with E-state index < -0.39 is 18.0 Å². The number of nitrogens with zero attached hydrogens (tertiary/aromatic N) is 4. The first-order valence-electron chi connectivity index (χ1n) is 12.1. The van der Waals surface area contributed by atoms with E-state index in [0.717, 1.165) is 21.4 Å². The monoisotopic (exact) mass is 524 g/mol. The van der Waals surface area contributed by atoms with Crippen molar-refractivity contribution in [2.45, 2.75) is 38.3 Å². The van der Waals surface area contributed by atoms with Crippen molar-refractivity contribution in [1.82, 2.24) is 19.9 Å². The second kappa shape index (κ2) is 9.38. The van der Waals surface area contributed by atoms with Gasteiger partial charge in [0.15, 0.2) is 11.6 Å². The molecule has 1 saturated heterocycles. The van der Waals surface area contributed by atoms with E-state index in [1.807, 2.05) is 19.1 Å². The molecule has 4 heterocycles. The van der Waals surface area contributed by atoms with Crippen LogP contribution in [0.4, 0.5) is 9.18 Å². The van der Waals surface area contributed by atoms with E-state index >= 15 is 4.39 Å². The first-order chi connectivity index (χ1) is 17.9. The minimum Gasteiger partial charge on any atom is -0.485 e. The summed E-state index contributed by atoms with van der Waals surface area (Å²) in [6.07, 6.45) is 1.78. The molecule has 0 saturated carbocycles. The van der Waals surface area contributed by atoms with Crippen LogP contribution in [0.5, 0.6) is 11.6 Å². The summed E-state index contributed by atoms with van der Waals surface area (Å²) in [5.74, 6) is 0.115. The van der Waals surface area contributed by atoms with E-state index in [4.69, 9.17) is 19.2 Å². The molecule has 4 aromatic rings. The van der Waals surface area contributed by atoms with Gasteiger partial charge in [-0.25, -0.2) is 24.1 Å². The van der Waals surface area contributed by atoms with Crippen molar-refractivity contribution < 1.29 is 28.5 Å². The Labute approximate surface area is 215 Å². The Hall–Kier alpha value is -3.57. The maximum absolute atomic E-state index is 15.1. The summed E-state index contributed by atoms with van der Waals surface area (Å²) in [6, 6.07) is 5.18. The Morgan fingerprint density at radius 1 is 1.24 bits per heavy atom. The van der Waals surface area contributed by atoms with Crippen LogP contribution in [-0.2, 0) is 11.2 Å². The zero-order valence-electron chi connectivity index (χ0n) is 20.4. The molecule has 2 aromatic heterocycles. The number of thiazole rings is 1. The van der Waals surface area contributed by atoms with Gasteiger partial charge < -0.3 is 24.2 Å². The van der Waals surface area contributed by atoms with E-state index in [0.29, 0.717) is 59.9 Å². The normalized spacial score (nSPS) is 17.6. The molecule has 9 nitrogen and oxygen atoms in total. The Balaban J connectivity index is 1.35. The van der Waals surface area contributed by atoms with Crippen LogP contribution in [0, 0.1) is 12.7 Å². The molecule has 0 aliphatic carbocycles. The van der Waals surface area contributed by atoms with E-state index in [9.17, 15) is 9.90 Å². The topological polar surface area (TPSA) is 107 Å². The largest absolute Gasteiger partial charge is 0.485 e. The smallest absolute Gasteiger partial charge is 0.407 e. The molecule has 1 amide bonds. The average Bonchev–Trinajstić information content (AvgIpc) is 3.51. The summed E-state index contributed by atoms with van der Waals surface area (Å²) < 4.78 is 32.5. The fraction of sp³-hybridized carbons (Fsp3) is 0.385. The predicted octanol–water partition coefficient (Wildman–Crippen LogP) is 4.83. The molecule has 6 rings (SSSR count). The van der Waals surface area contributed by atoms with Crippen LogP contribution in [-0.4, -0.2) is 70.1 Å². The summed E-state index contributed by atoms with van der Waals surface area (Å²) >= 11 is 1.45. The lowest BCUT2D eigenvalue weighted by atomic mass is 10.1. The van der Waals surface area contributed by atoms with Gasteiger partial charge in [0, 0.05) is 42.9 Å². The van der Waals surface area contributed by atoms with Crippen LogP contribution >= 0.6 is 11.3 Å². The Morgan fingerprint density at radius 3 is 2.81 bits per heavy atom. The number of methoxy groups -OCH3 is 1. The summed E-state index contributed by atoms with van der Waals surface area (Å²) in [5.41, 5.74) is 4.45. The van der Waals surface area contributed by atoms with Crippen molar-refractivity contribution in [2.24, 2.45) is 0 Å². The van der Waals surface area contributed by atoms with Crippen molar-refractivity contribution in [3.05, 3.63) is 41.3 Å². The zero-order chi connectivity index (χ0) is 25.7. The molecule has 0 spiro atoms. The van der Waals surface area contributed by atoms with Crippen molar-refractivity contribution in [1.29, 1.82) is 0 Å². The minimum absolute atomic E-state index is 0.132. The van der Waals surface area contributed by atoms with E-state index in [-0.39, 0.29) is 18.3 Å². The molecule has 0 bridgehead atoms. The zero-order valence-corrected chi connectivity index (χ0v) is 21.2. The molecule has 37 heavy (non-hydrogen) atoms. The first-order valence-corrected chi connectivity index (χ1v) is 12.9. The third kappa shape index (κ3) is 4.31. The van der Waals surface area contributed by atoms with Gasteiger partial charge in [-0.1, -0.05) is 0 Å². The van der Waals surface area contributed by atoms with Gasteiger partial charge in [0.1, 0.15) is 11.1 Å². The molecule has 0 radical (unpaired) electrons. The number of ether oxygens (including phenoxy) is 3. The van der Waals surface area contributed by atoms with Crippen LogP contribution in [0.25, 0.3) is 31.8 Å². The Bertz CT molecular complexity index is 1520. The Morgan fingerprint density at radius 2 is 2.05 bits per heavy atom. The fourth-order valence-electron chi connectivity index (χ4n) is 5.15. The minimum atomic E-state index is -0.999. The van der Waals surface area contributed by atoms with Crippen molar-refractivity contribution in [2.75, 3.05) is 26.9 Å². The molecule has 1 N–H and O–H groups in total. The lowest BCUT2D eigenvalue weighted by Crippen LogP contribution is -2.47. The van der Waals surface area contributed by atoms with Crippen LogP contribution in [0.2, 0.25) is 0 Å². The molecule has 0 unspecified atom stereocenters. The van der Waals surface area contributed by atoms with Crippen LogP contribution < -0.4 is 9.47 Å². The molecule has 11 heteroatoms. The maximum atomic E-state index is 15.1. The first kappa shape index (κ1) is 23.8. The lowest BCUT2D eigenvalue weighted by Gasteiger charge is -2.33. The molecule has 2 aliphatic heterocycles. The number of halogens is 1. The van der Waals surface area contributed by atoms with Gasteiger partial charge in [-0.15, -0.1) is 11.3 Å². The standard InChI is InChI=1S/C26H25FN4O5S/c1-13-7-16(22-19(8-13)29-21(34-2)11-28-22)25-30-20-10-18(27)23-17(24(20)37-25)9-15(36-23)12-31(26(32)33)14-3-5-35-6-4-14/h7-8,10-11,14-15H,3-6,9,12H2,1-2H3,(H,32,33)/t15-/m0/s1. The van der Waals surface area contributed by atoms with Gasteiger partial charge in [0.05, 0.1) is 41.1 Å². The number of hydrogen-bond donors (Lipinski definition) is 1. The number of amides is 1. The molecule has 2 aromatic carbocycles. The molecule has 192 valence electrons. The van der Waals surface area contributed by atoms with Gasteiger partial charge in [-0.2, -0.15) is 0 Å². The molecular weight excluding hydrogens is 499 g/mol. The highest BCUT2D eigenvalue weighted by Gasteiger charge is 2.35. The van der Waals surface area contributed by atoms with Crippen molar-refractivity contribution in [3.63, 3.8) is 0 Å². The van der Waals surface area contributed by atoms with Crippen LogP contribution in [0.3, 0.4) is 0 Å². The second-order valence-electron chi connectivity index (χ2n) is 9.35. The maximum Gasteiger partial charge on any atom is 0.407 e. The number of carbonyl (C=O) groups is 1. The van der Waals surface area contributed by atoms with Crippen LogP contribution in [0.1, 0.15) is 24.0 Å². The SMILES string of the molecule is COc1cnc2c(-c3nc4cc(F)c5c(c4s3)C[C@@H](CN(C(=O)O)C3CCOCC3)O5)cc(C)cc2n1. The fourth-order valence-corrected chi connectivity index (χ4v) is 6.26. The number of rotatable bonds is 5. The second-order valence-corrected chi connectivity index (χ2v) is 10.3. The molecule has 1 fully saturated rings. The Kier molecular flexibility index (Phi) is 6.04. The summed E-state index contributed by atoms with van der Waals surface area (Å²) in [6.45, 7) is 3.20. The van der Waals surface area contributed by atoms with E-state index in [1.165, 1.54) is 22.3 Å². The highest BCUT2D eigenvalue weighted by molar-refractivity contribution is 7.22. The summed E-state index contributed by atoms with van der Waals surface area (Å²) in [4.78, 5) is 27.2. The molecule has 1 atom stereocenters. The van der Waals surface area contributed by atoms with Gasteiger partial charge in [-0.05, 0) is 37.5 Å². The number of benzene rings is 2. The lowest BCUT2D eigenvalue weighted by molar-refractivity contribution is 0.0243. The number of aryl methyl sites for hydroxylation is 1. The van der Waals surface area contributed by atoms with Gasteiger partial charge >= 0.3 is 6.09 Å². The van der Waals surface area contributed by atoms with Crippen LogP contribution in [0.15, 0.2) is 24.4 Å². The predicted molar refractivity (Wildman–Crippen MR) is 136 cm³/mol. The molecule has 2 aliphatic rings. The van der Waals surface area contributed by atoms with Crippen molar-refractivity contribution in [3.8, 4) is 22.2 Å². The van der Waals surface area contributed by atoms with Gasteiger partial charge in [-0.3, -0.25) is 0 Å². The number of hydrogen-bond acceptors (Lipinski definition) is 8. The number of carboxylic acid groups (broad SMARTS) is 1. The number of fused-ring (bicyclic) bond motifs is 4. The van der Waals surface area contributed by atoms with E-state index in [2.05, 4.69) is 9.97 Å². The van der Waals surface area contributed by atoms with Crippen molar-refractivity contribution >= 4 is 38.7 Å². The highest BCUT2D eigenvalue weighted by Crippen LogP contribution is 2.43. The van der Waals surface area contributed by atoms with E-state index in [1.54, 1.807) is 13.3 Å². The average molecular weight is 525 g/mol. The third-order valence-corrected chi connectivity index (χ3v) is 8.05. The van der Waals surface area contributed by atoms with Gasteiger partial charge in [0.2, 0.25) is 5.88 Å². The third-order valence-electron chi connectivity index (χ3n) is 6.88. The summed E-state index contributed by atoms with van der Waals surface area (Å²) in [5, 5.41) is 10.5. The number of aromatic nitrogens is 3. The van der Waals surface area contributed by atoms with Gasteiger partial charge in [0.25, 0.3) is 0 Å².